The molecule has 1 aromatic carbocycles. The molecule has 0 saturated heterocycles. The Balaban J connectivity index is 2.16. The largest absolute Gasteiger partial charge is 0.464 e. The molecule has 1 heterocycles. The van der Waals surface area contributed by atoms with Gasteiger partial charge in [0.05, 0.1) is 12.4 Å². The van der Waals surface area contributed by atoms with Crippen LogP contribution in [0.15, 0.2) is 34.9 Å². The summed E-state index contributed by atoms with van der Waals surface area (Å²) in [7, 11) is 1.71. The van der Waals surface area contributed by atoms with Crippen LogP contribution in [0.5, 0.6) is 0 Å². The molecule has 4 heteroatoms. The number of rotatable bonds is 6. The lowest BCUT2D eigenvalue weighted by Gasteiger charge is -2.18. The van der Waals surface area contributed by atoms with Gasteiger partial charge in [-0.3, -0.25) is 0 Å². The number of hydrogen-bond acceptors (Lipinski definition) is 4. The van der Waals surface area contributed by atoms with Crippen molar-refractivity contribution in [3.8, 4) is 0 Å². The summed E-state index contributed by atoms with van der Waals surface area (Å²) in [5.74, 6) is 0. The van der Waals surface area contributed by atoms with Crippen molar-refractivity contribution in [1.82, 2.24) is 5.32 Å². The number of nitrogens with one attached hydrogen (secondary N) is 1. The van der Waals surface area contributed by atoms with Crippen LogP contribution in [-0.2, 0) is 4.74 Å². The number of para-hydroxylation sites is 1. The molecule has 0 aliphatic carbocycles. The zero-order chi connectivity index (χ0) is 13.0. The number of ether oxygens (including phenoxy) is 1. The van der Waals surface area contributed by atoms with Crippen LogP contribution in [0.4, 0.5) is 0 Å². The van der Waals surface area contributed by atoms with Crippen molar-refractivity contribution >= 4 is 11.0 Å². The van der Waals surface area contributed by atoms with Gasteiger partial charge in [0.25, 0.3) is 0 Å². The Morgan fingerprint density at radius 2 is 2.17 bits per heavy atom. The summed E-state index contributed by atoms with van der Waals surface area (Å²) >= 11 is 0. The molecule has 0 spiro atoms. The summed E-state index contributed by atoms with van der Waals surface area (Å²) in [5.41, 5.74) is 7.84. The van der Waals surface area contributed by atoms with Crippen molar-refractivity contribution in [1.29, 1.82) is 0 Å². The summed E-state index contributed by atoms with van der Waals surface area (Å²) in [5, 5.41) is 4.52. The van der Waals surface area contributed by atoms with E-state index in [2.05, 4.69) is 11.4 Å². The Hall–Kier alpha value is -1.36. The van der Waals surface area contributed by atoms with Crippen LogP contribution in [0, 0.1) is 0 Å². The van der Waals surface area contributed by atoms with Gasteiger partial charge in [0.1, 0.15) is 5.58 Å². The lowest BCUT2D eigenvalue weighted by atomic mass is 10.1. The van der Waals surface area contributed by atoms with Crippen LogP contribution in [0.1, 0.15) is 18.5 Å². The lowest BCUT2D eigenvalue weighted by Crippen LogP contribution is -2.33. The van der Waals surface area contributed by atoms with E-state index in [0.29, 0.717) is 6.54 Å². The highest BCUT2D eigenvalue weighted by molar-refractivity contribution is 5.81. The topological polar surface area (TPSA) is 60.4 Å². The lowest BCUT2D eigenvalue weighted by molar-refractivity contribution is 0.114. The minimum Gasteiger partial charge on any atom is -0.464 e. The molecule has 0 amide bonds. The average molecular weight is 248 g/mol. The van der Waals surface area contributed by atoms with E-state index in [1.165, 1.54) is 0 Å². The molecular weight excluding hydrogens is 228 g/mol. The summed E-state index contributed by atoms with van der Waals surface area (Å²) in [6, 6.07) is 8.08. The predicted octanol–water partition coefficient (Wildman–Crippen LogP) is 2.06. The Bertz CT molecular complexity index is 495. The molecule has 0 saturated carbocycles. The Labute approximate surface area is 107 Å². The molecule has 2 rings (SSSR count). The van der Waals surface area contributed by atoms with Crippen molar-refractivity contribution in [3.05, 3.63) is 36.1 Å². The molecule has 18 heavy (non-hydrogen) atoms. The molecular formula is C14H20N2O2. The maximum atomic E-state index is 5.84. The summed E-state index contributed by atoms with van der Waals surface area (Å²) in [6.07, 6.45) is 1.95. The number of nitrogens with two attached hydrogens (primary N) is 1. The second-order valence-electron chi connectivity index (χ2n) is 4.43. The fourth-order valence-electron chi connectivity index (χ4n) is 1.98. The zero-order valence-electron chi connectivity index (χ0n) is 10.8. The number of methoxy groups -OCH3 is 1. The van der Waals surface area contributed by atoms with Crippen molar-refractivity contribution < 1.29 is 9.15 Å². The highest BCUT2D eigenvalue weighted by Crippen LogP contribution is 2.25. The Morgan fingerprint density at radius 3 is 2.89 bits per heavy atom. The van der Waals surface area contributed by atoms with E-state index in [4.69, 9.17) is 14.9 Å². The first-order valence-electron chi connectivity index (χ1n) is 6.18. The van der Waals surface area contributed by atoms with E-state index < -0.39 is 0 Å². The Kier molecular flexibility index (Phi) is 4.36. The molecule has 0 aliphatic heterocycles. The number of fused-ring (bicyclic) bond motifs is 1. The maximum Gasteiger partial charge on any atom is 0.134 e. The van der Waals surface area contributed by atoms with Gasteiger partial charge in [-0.15, -0.1) is 0 Å². The van der Waals surface area contributed by atoms with Gasteiger partial charge in [-0.2, -0.15) is 0 Å². The first-order valence-corrected chi connectivity index (χ1v) is 6.18. The van der Waals surface area contributed by atoms with Gasteiger partial charge < -0.3 is 20.2 Å². The van der Waals surface area contributed by atoms with Crippen molar-refractivity contribution in [2.24, 2.45) is 5.73 Å². The Morgan fingerprint density at radius 1 is 1.39 bits per heavy atom. The quantitative estimate of drug-likeness (QED) is 0.821. The molecule has 3 N–H and O–H groups in total. The van der Waals surface area contributed by atoms with Gasteiger partial charge in [-0.1, -0.05) is 18.2 Å². The molecule has 2 unspecified atom stereocenters. The molecule has 2 atom stereocenters. The van der Waals surface area contributed by atoms with E-state index in [9.17, 15) is 0 Å². The minimum atomic E-state index is 0.0891. The van der Waals surface area contributed by atoms with Crippen LogP contribution in [0.25, 0.3) is 11.0 Å². The summed E-state index contributed by atoms with van der Waals surface area (Å²) in [6.45, 7) is 3.31. The molecule has 0 aliphatic rings. The van der Waals surface area contributed by atoms with Crippen LogP contribution in [0.3, 0.4) is 0 Å². The fraction of sp³-hybridized carbons (Fsp3) is 0.429. The molecule has 1 aromatic heterocycles. The summed E-state index contributed by atoms with van der Waals surface area (Å²) < 4.78 is 10.8. The monoisotopic (exact) mass is 248 g/mol. The van der Waals surface area contributed by atoms with Crippen LogP contribution in [-0.4, -0.2) is 26.3 Å². The van der Waals surface area contributed by atoms with E-state index in [0.717, 1.165) is 23.1 Å². The number of benzene rings is 1. The van der Waals surface area contributed by atoms with Gasteiger partial charge >= 0.3 is 0 Å². The average Bonchev–Trinajstić information content (AvgIpc) is 2.83. The van der Waals surface area contributed by atoms with E-state index in [-0.39, 0.29) is 12.1 Å². The van der Waals surface area contributed by atoms with E-state index in [1.54, 1.807) is 13.4 Å². The van der Waals surface area contributed by atoms with Crippen LogP contribution < -0.4 is 11.1 Å². The highest BCUT2D eigenvalue weighted by atomic mass is 16.5. The van der Waals surface area contributed by atoms with Crippen LogP contribution in [0.2, 0.25) is 0 Å². The standard InChI is InChI=1S/C14H20N2O2/c1-10(17-2)8-16-13(7-15)12-9-18-14-6-4-3-5-11(12)14/h3-6,9-10,13,16H,7-8,15H2,1-2H3. The number of furan rings is 1. The third kappa shape index (κ3) is 2.72. The first-order chi connectivity index (χ1) is 8.76. The molecule has 98 valence electrons. The third-order valence-electron chi connectivity index (χ3n) is 3.18. The SMILES string of the molecule is COC(C)CNC(CN)c1coc2ccccc12. The van der Waals surface area contributed by atoms with Crippen molar-refractivity contribution in [2.75, 3.05) is 20.2 Å². The minimum absolute atomic E-state index is 0.0891. The van der Waals surface area contributed by atoms with Gasteiger partial charge in [0.2, 0.25) is 0 Å². The second kappa shape index (κ2) is 6.00. The highest BCUT2D eigenvalue weighted by Gasteiger charge is 2.15. The molecule has 0 bridgehead atoms. The van der Waals surface area contributed by atoms with Crippen LogP contribution >= 0.6 is 0 Å². The van der Waals surface area contributed by atoms with E-state index in [1.807, 2.05) is 25.1 Å². The zero-order valence-corrected chi connectivity index (χ0v) is 10.8. The molecule has 2 aromatic rings. The van der Waals surface area contributed by atoms with Gasteiger partial charge in [-0.05, 0) is 13.0 Å². The van der Waals surface area contributed by atoms with Crippen molar-refractivity contribution in [3.63, 3.8) is 0 Å². The molecule has 0 radical (unpaired) electrons. The number of hydrogen-bond donors (Lipinski definition) is 2. The van der Waals surface area contributed by atoms with E-state index >= 15 is 0 Å². The smallest absolute Gasteiger partial charge is 0.134 e. The third-order valence-corrected chi connectivity index (χ3v) is 3.18. The maximum absolute atomic E-state index is 5.84. The predicted molar refractivity (Wildman–Crippen MR) is 72.5 cm³/mol. The van der Waals surface area contributed by atoms with Gasteiger partial charge in [-0.25, -0.2) is 0 Å². The second-order valence-corrected chi connectivity index (χ2v) is 4.43. The van der Waals surface area contributed by atoms with Gasteiger partial charge in [0.15, 0.2) is 0 Å². The summed E-state index contributed by atoms with van der Waals surface area (Å²) in [4.78, 5) is 0. The molecule has 0 fully saturated rings. The normalized spacial score (nSPS) is 14.8. The van der Waals surface area contributed by atoms with Gasteiger partial charge in [0, 0.05) is 37.2 Å². The fourth-order valence-corrected chi connectivity index (χ4v) is 1.98. The first kappa shape index (κ1) is 13.1. The van der Waals surface area contributed by atoms with Crippen molar-refractivity contribution in [2.45, 2.75) is 19.1 Å². The molecule has 4 nitrogen and oxygen atoms in total.